The van der Waals surface area contributed by atoms with E-state index in [9.17, 15) is 4.39 Å². The molecule has 2 aromatic carbocycles. The largest absolute Gasteiger partial charge is 0.437 e. The summed E-state index contributed by atoms with van der Waals surface area (Å²) in [5.41, 5.74) is 4.65. The van der Waals surface area contributed by atoms with Crippen molar-refractivity contribution >= 4 is 5.90 Å². The fourth-order valence-electron chi connectivity index (χ4n) is 3.14. The molecule has 0 amide bonds. The molecule has 0 aliphatic carbocycles. The van der Waals surface area contributed by atoms with Crippen LogP contribution in [0, 0.1) is 19.7 Å². The Morgan fingerprint density at radius 3 is 2.17 bits per heavy atom. The zero-order valence-corrected chi connectivity index (χ0v) is 14.4. The van der Waals surface area contributed by atoms with Crippen molar-refractivity contribution in [3.8, 4) is 11.1 Å². The van der Waals surface area contributed by atoms with Crippen molar-refractivity contribution in [2.75, 3.05) is 13.7 Å². The Kier molecular flexibility index (Phi) is 3.75. The number of rotatable bonds is 2. The average molecular weight is 312 g/mol. The molecule has 0 saturated heterocycles. The number of ether oxygens (including phenoxy) is 1. The maximum absolute atomic E-state index is 14.7. The fourth-order valence-corrected chi connectivity index (χ4v) is 3.14. The van der Waals surface area contributed by atoms with E-state index in [1.165, 1.54) is 6.07 Å². The van der Waals surface area contributed by atoms with Gasteiger partial charge in [0.05, 0.1) is 0 Å². The molecule has 1 heterocycles. The van der Waals surface area contributed by atoms with Crippen LogP contribution in [0.1, 0.15) is 30.5 Å². The van der Waals surface area contributed by atoms with Crippen LogP contribution in [-0.2, 0) is 4.74 Å². The van der Waals surface area contributed by atoms with Crippen molar-refractivity contribution in [1.29, 1.82) is 0 Å². The lowest BCUT2D eigenvalue weighted by molar-refractivity contribution is -0.562. The lowest BCUT2D eigenvalue weighted by atomic mass is 9.92. The number of hydrogen-bond acceptors (Lipinski definition) is 1. The van der Waals surface area contributed by atoms with Gasteiger partial charge < -0.3 is 4.74 Å². The normalized spacial score (nSPS) is 16.6. The Bertz CT molecular complexity index is 785. The SMILES string of the molecule is Cc1cccc(C)c1-c1cccc(F)c1C1=[N+](C)C(C)(C)CO1. The van der Waals surface area contributed by atoms with Gasteiger partial charge in [-0.3, -0.25) is 0 Å². The van der Waals surface area contributed by atoms with E-state index >= 15 is 0 Å². The second kappa shape index (κ2) is 5.48. The van der Waals surface area contributed by atoms with E-state index in [1.54, 1.807) is 6.07 Å². The van der Waals surface area contributed by atoms with Gasteiger partial charge in [0, 0.05) is 19.4 Å². The molecule has 0 saturated carbocycles. The number of likely N-dealkylation sites (N-methyl/N-ethyl adjacent to an activating group) is 1. The smallest absolute Gasteiger partial charge is 0.374 e. The number of hydrogen-bond donors (Lipinski definition) is 0. The van der Waals surface area contributed by atoms with E-state index in [2.05, 4.69) is 39.8 Å². The molecule has 0 N–H and O–H groups in total. The van der Waals surface area contributed by atoms with Gasteiger partial charge in [-0.2, -0.15) is 4.58 Å². The third kappa shape index (κ3) is 2.54. The van der Waals surface area contributed by atoms with Crippen molar-refractivity contribution in [3.63, 3.8) is 0 Å². The fraction of sp³-hybridized carbons (Fsp3) is 0.350. The van der Waals surface area contributed by atoms with Gasteiger partial charge in [0.25, 0.3) is 0 Å². The molecule has 0 aromatic heterocycles. The molecule has 3 rings (SSSR count). The van der Waals surface area contributed by atoms with Crippen molar-refractivity contribution in [2.45, 2.75) is 33.2 Å². The molecule has 0 fully saturated rings. The minimum absolute atomic E-state index is 0.143. The summed E-state index contributed by atoms with van der Waals surface area (Å²) in [7, 11) is 1.96. The van der Waals surface area contributed by atoms with Crippen molar-refractivity contribution < 1.29 is 13.7 Å². The minimum atomic E-state index is -0.246. The number of aryl methyl sites for hydroxylation is 2. The van der Waals surface area contributed by atoms with Crippen LogP contribution >= 0.6 is 0 Å². The van der Waals surface area contributed by atoms with Gasteiger partial charge in [-0.05, 0) is 36.6 Å². The highest BCUT2D eigenvalue weighted by Gasteiger charge is 2.42. The maximum atomic E-state index is 14.7. The molecule has 120 valence electrons. The van der Waals surface area contributed by atoms with E-state index in [1.807, 2.05) is 23.8 Å². The molecule has 1 aliphatic heterocycles. The van der Waals surface area contributed by atoms with E-state index in [4.69, 9.17) is 4.74 Å². The molecule has 2 aromatic rings. The van der Waals surface area contributed by atoms with Crippen LogP contribution in [0.4, 0.5) is 4.39 Å². The number of benzene rings is 2. The Morgan fingerprint density at radius 2 is 1.61 bits per heavy atom. The quantitative estimate of drug-likeness (QED) is 0.753. The highest BCUT2D eigenvalue weighted by molar-refractivity contribution is 5.99. The molecule has 23 heavy (non-hydrogen) atoms. The van der Waals surface area contributed by atoms with Crippen molar-refractivity contribution in [2.24, 2.45) is 0 Å². The first-order valence-corrected chi connectivity index (χ1v) is 7.92. The van der Waals surface area contributed by atoms with Crippen LogP contribution in [0.3, 0.4) is 0 Å². The molecule has 0 bridgehead atoms. The van der Waals surface area contributed by atoms with Crippen LogP contribution < -0.4 is 0 Å². The van der Waals surface area contributed by atoms with Crippen molar-refractivity contribution in [1.82, 2.24) is 0 Å². The maximum Gasteiger partial charge on any atom is 0.374 e. The van der Waals surface area contributed by atoms with Gasteiger partial charge in [-0.15, -0.1) is 0 Å². The molecule has 0 radical (unpaired) electrons. The summed E-state index contributed by atoms with van der Waals surface area (Å²) in [6.07, 6.45) is 0. The van der Waals surface area contributed by atoms with E-state index < -0.39 is 0 Å². The second-order valence-corrected chi connectivity index (χ2v) is 6.89. The molecule has 3 heteroatoms. The third-order valence-corrected chi connectivity index (χ3v) is 4.75. The lowest BCUT2D eigenvalue weighted by Gasteiger charge is -2.14. The molecule has 0 spiro atoms. The van der Waals surface area contributed by atoms with Crippen LogP contribution in [0.25, 0.3) is 11.1 Å². The van der Waals surface area contributed by atoms with Gasteiger partial charge in [-0.25, -0.2) is 4.39 Å². The monoisotopic (exact) mass is 312 g/mol. The van der Waals surface area contributed by atoms with Gasteiger partial charge in [0.1, 0.15) is 18.4 Å². The number of nitrogens with zero attached hydrogens (tertiary/aromatic N) is 1. The van der Waals surface area contributed by atoms with Gasteiger partial charge in [-0.1, -0.05) is 30.3 Å². The predicted molar refractivity (Wildman–Crippen MR) is 91.6 cm³/mol. The summed E-state index contributed by atoms with van der Waals surface area (Å²) in [4.78, 5) is 0. The lowest BCUT2D eigenvalue weighted by Crippen LogP contribution is -2.33. The summed E-state index contributed by atoms with van der Waals surface area (Å²) in [5.74, 6) is 0.371. The zero-order valence-electron chi connectivity index (χ0n) is 14.4. The minimum Gasteiger partial charge on any atom is -0.437 e. The third-order valence-electron chi connectivity index (χ3n) is 4.75. The van der Waals surface area contributed by atoms with Gasteiger partial charge in [0.2, 0.25) is 0 Å². The van der Waals surface area contributed by atoms with Crippen LogP contribution in [0.2, 0.25) is 0 Å². The highest BCUT2D eigenvalue weighted by atomic mass is 19.1. The standard InChI is InChI=1S/C20H23FNO/c1-13-8-6-9-14(2)17(13)15-10-7-11-16(21)18(15)19-22(5)20(3,4)12-23-19/h6-11H,12H2,1-5H3/q+1. The molecule has 2 nitrogen and oxygen atoms in total. The van der Waals surface area contributed by atoms with Crippen LogP contribution in [0.15, 0.2) is 36.4 Å². The molecule has 1 aliphatic rings. The first-order chi connectivity index (χ1) is 10.8. The summed E-state index contributed by atoms with van der Waals surface area (Å²) in [6.45, 7) is 8.87. The average Bonchev–Trinajstić information content (AvgIpc) is 2.74. The summed E-state index contributed by atoms with van der Waals surface area (Å²) in [6, 6.07) is 11.4. The Balaban J connectivity index is 2.31. The summed E-state index contributed by atoms with van der Waals surface area (Å²) in [5, 5.41) is 0. The van der Waals surface area contributed by atoms with E-state index in [-0.39, 0.29) is 11.4 Å². The molecular formula is C20H23FNO+. The number of halogens is 1. The van der Waals surface area contributed by atoms with Gasteiger partial charge >= 0.3 is 5.90 Å². The van der Waals surface area contributed by atoms with Crippen LogP contribution in [0.5, 0.6) is 0 Å². The van der Waals surface area contributed by atoms with E-state index in [0.717, 1.165) is 22.3 Å². The summed E-state index contributed by atoms with van der Waals surface area (Å²) < 4.78 is 22.7. The Labute approximate surface area is 137 Å². The van der Waals surface area contributed by atoms with Crippen LogP contribution in [-0.4, -0.2) is 29.7 Å². The topological polar surface area (TPSA) is 12.2 Å². The Morgan fingerprint density at radius 1 is 1.00 bits per heavy atom. The predicted octanol–water partition coefficient (Wildman–Crippen LogP) is 4.31. The molecule has 0 unspecified atom stereocenters. The molecular weight excluding hydrogens is 289 g/mol. The van der Waals surface area contributed by atoms with E-state index in [0.29, 0.717) is 18.1 Å². The first kappa shape index (κ1) is 15.7. The summed E-state index contributed by atoms with van der Waals surface area (Å²) >= 11 is 0. The Hall–Kier alpha value is -2.16. The van der Waals surface area contributed by atoms with Gasteiger partial charge in [0.15, 0.2) is 12.1 Å². The molecule has 0 atom stereocenters. The zero-order chi connectivity index (χ0) is 16.8. The second-order valence-electron chi connectivity index (χ2n) is 6.89. The first-order valence-electron chi connectivity index (χ1n) is 7.92. The van der Waals surface area contributed by atoms with Crippen molar-refractivity contribution in [3.05, 3.63) is 58.9 Å². The highest BCUT2D eigenvalue weighted by Crippen LogP contribution is 2.33.